The Balaban J connectivity index is 0.000000320. The lowest BCUT2D eigenvalue weighted by molar-refractivity contribution is -0.148. The van der Waals surface area contributed by atoms with Crippen LogP contribution in [0.5, 0.6) is 0 Å². The fourth-order valence-corrected chi connectivity index (χ4v) is 2.75. The van der Waals surface area contributed by atoms with Crippen LogP contribution in [0.3, 0.4) is 0 Å². The van der Waals surface area contributed by atoms with Crippen molar-refractivity contribution in [3.63, 3.8) is 0 Å². The SMILES string of the molecule is CCC(CC(=O)OCc1ccccc1)OC.CCC(CC(=O)OCc1ccccc1)OC. The van der Waals surface area contributed by atoms with Gasteiger partial charge in [-0.05, 0) is 24.0 Å². The van der Waals surface area contributed by atoms with E-state index in [0.717, 1.165) is 24.0 Å². The van der Waals surface area contributed by atoms with Crippen LogP contribution >= 0.6 is 0 Å². The summed E-state index contributed by atoms with van der Waals surface area (Å²) in [6.07, 6.45) is 2.19. The van der Waals surface area contributed by atoms with Crippen molar-refractivity contribution in [1.29, 1.82) is 0 Å². The highest BCUT2D eigenvalue weighted by Gasteiger charge is 2.13. The highest BCUT2D eigenvalue weighted by atomic mass is 16.5. The Morgan fingerprint density at radius 2 is 1.00 bits per heavy atom. The lowest BCUT2D eigenvalue weighted by atomic mass is 10.2. The second-order valence-corrected chi connectivity index (χ2v) is 7.23. The predicted octanol–water partition coefficient (Wildman–Crippen LogP) is 5.09. The minimum atomic E-state index is -0.211. The summed E-state index contributed by atoms with van der Waals surface area (Å²) in [5, 5.41) is 0. The van der Waals surface area contributed by atoms with Crippen LogP contribution in [0.2, 0.25) is 0 Å². The number of hydrogen-bond donors (Lipinski definition) is 0. The number of hydrogen-bond acceptors (Lipinski definition) is 6. The molecule has 0 radical (unpaired) electrons. The van der Waals surface area contributed by atoms with E-state index in [1.165, 1.54) is 0 Å². The van der Waals surface area contributed by atoms with Gasteiger partial charge in [0, 0.05) is 14.2 Å². The largest absolute Gasteiger partial charge is 0.461 e. The van der Waals surface area contributed by atoms with Gasteiger partial charge in [0.2, 0.25) is 0 Å². The van der Waals surface area contributed by atoms with Crippen LogP contribution < -0.4 is 0 Å². The highest BCUT2D eigenvalue weighted by molar-refractivity contribution is 5.70. The molecule has 6 nitrogen and oxygen atoms in total. The van der Waals surface area contributed by atoms with Crippen LogP contribution in [0, 0.1) is 0 Å². The number of carbonyl (C=O) groups excluding carboxylic acids is 2. The van der Waals surface area contributed by atoms with Gasteiger partial charge in [-0.2, -0.15) is 0 Å². The monoisotopic (exact) mass is 444 g/mol. The van der Waals surface area contributed by atoms with Crippen molar-refractivity contribution in [3.8, 4) is 0 Å². The topological polar surface area (TPSA) is 71.1 Å². The van der Waals surface area contributed by atoms with Crippen LogP contribution in [0.4, 0.5) is 0 Å². The molecule has 0 aliphatic carbocycles. The maximum atomic E-state index is 11.4. The van der Waals surface area contributed by atoms with Crippen molar-refractivity contribution < 1.29 is 28.5 Å². The molecule has 6 heteroatoms. The fourth-order valence-electron chi connectivity index (χ4n) is 2.75. The molecule has 0 N–H and O–H groups in total. The summed E-state index contributed by atoms with van der Waals surface area (Å²) in [5.41, 5.74) is 2.00. The molecule has 0 saturated carbocycles. The first-order valence-electron chi connectivity index (χ1n) is 11.0. The third-order valence-electron chi connectivity index (χ3n) is 4.85. The van der Waals surface area contributed by atoms with E-state index in [4.69, 9.17) is 18.9 Å². The molecular weight excluding hydrogens is 408 g/mol. The van der Waals surface area contributed by atoms with E-state index in [2.05, 4.69) is 0 Å². The zero-order valence-corrected chi connectivity index (χ0v) is 19.6. The number of esters is 2. The molecule has 2 rings (SSSR count). The first-order chi connectivity index (χ1) is 15.5. The van der Waals surface area contributed by atoms with E-state index >= 15 is 0 Å². The van der Waals surface area contributed by atoms with Gasteiger partial charge in [0.1, 0.15) is 13.2 Å². The number of ether oxygens (including phenoxy) is 4. The summed E-state index contributed by atoms with van der Waals surface area (Å²) in [7, 11) is 3.22. The Hall–Kier alpha value is -2.70. The fraction of sp³-hybridized carbons (Fsp3) is 0.462. The second-order valence-electron chi connectivity index (χ2n) is 7.23. The van der Waals surface area contributed by atoms with Gasteiger partial charge in [0.05, 0.1) is 25.0 Å². The quantitative estimate of drug-likeness (QED) is 0.425. The van der Waals surface area contributed by atoms with Crippen molar-refractivity contribution >= 4 is 11.9 Å². The lowest BCUT2D eigenvalue weighted by Gasteiger charge is -2.12. The average Bonchev–Trinajstić information content (AvgIpc) is 2.85. The van der Waals surface area contributed by atoms with Gasteiger partial charge >= 0.3 is 11.9 Å². The van der Waals surface area contributed by atoms with Gasteiger partial charge in [0.15, 0.2) is 0 Å². The second kappa shape index (κ2) is 16.9. The summed E-state index contributed by atoms with van der Waals surface area (Å²) < 4.78 is 20.5. The molecule has 176 valence electrons. The number of methoxy groups -OCH3 is 2. The maximum Gasteiger partial charge on any atom is 0.308 e. The molecule has 2 aromatic rings. The zero-order valence-electron chi connectivity index (χ0n) is 19.6. The van der Waals surface area contributed by atoms with Crippen LogP contribution in [0.15, 0.2) is 60.7 Å². The van der Waals surface area contributed by atoms with Crippen molar-refractivity contribution in [2.24, 2.45) is 0 Å². The van der Waals surface area contributed by atoms with Gasteiger partial charge in [-0.3, -0.25) is 9.59 Å². The molecule has 0 spiro atoms. The van der Waals surface area contributed by atoms with Gasteiger partial charge in [-0.1, -0.05) is 74.5 Å². The maximum absolute atomic E-state index is 11.4. The average molecular weight is 445 g/mol. The molecule has 32 heavy (non-hydrogen) atoms. The van der Waals surface area contributed by atoms with Crippen LogP contribution in [-0.4, -0.2) is 38.4 Å². The van der Waals surface area contributed by atoms with Crippen LogP contribution in [0.25, 0.3) is 0 Å². The summed E-state index contributed by atoms with van der Waals surface area (Å²) >= 11 is 0. The highest BCUT2D eigenvalue weighted by Crippen LogP contribution is 2.07. The first-order valence-corrected chi connectivity index (χ1v) is 11.0. The van der Waals surface area contributed by atoms with Crippen molar-refractivity contribution in [2.45, 2.75) is 65.0 Å². The van der Waals surface area contributed by atoms with E-state index in [0.29, 0.717) is 26.1 Å². The first kappa shape index (κ1) is 27.3. The molecular formula is C26H36O6. The normalized spacial score (nSPS) is 12.1. The number of benzene rings is 2. The van der Waals surface area contributed by atoms with E-state index in [1.54, 1.807) is 14.2 Å². The van der Waals surface area contributed by atoms with Gasteiger partial charge in [-0.15, -0.1) is 0 Å². The van der Waals surface area contributed by atoms with Crippen molar-refractivity contribution in [1.82, 2.24) is 0 Å². The minimum Gasteiger partial charge on any atom is -0.461 e. The molecule has 0 aliphatic rings. The molecule has 2 unspecified atom stereocenters. The molecule has 0 amide bonds. The molecule has 0 bridgehead atoms. The van der Waals surface area contributed by atoms with E-state index in [1.807, 2.05) is 74.5 Å². The standard InChI is InChI=1S/2C13H18O3/c2*1-3-12(15-2)9-13(14)16-10-11-7-5-4-6-8-11/h2*4-8,12H,3,9-10H2,1-2H3. The van der Waals surface area contributed by atoms with Gasteiger partial charge < -0.3 is 18.9 Å². The van der Waals surface area contributed by atoms with Crippen molar-refractivity contribution in [2.75, 3.05) is 14.2 Å². The predicted molar refractivity (Wildman–Crippen MR) is 124 cm³/mol. The molecule has 0 heterocycles. The Morgan fingerprint density at radius 1 is 0.656 bits per heavy atom. The summed E-state index contributed by atoms with van der Waals surface area (Å²) in [6.45, 7) is 4.64. The van der Waals surface area contributed by atoms with Gasteiger partial charge in [-0.25, -0.2) is 0 Å². The Labute approximate surface area is 191 Å². The molecule has 0 saturated heterocycles. The van der Waals surface area contributed by atoms with E-state index in [-0.39, 0.29) is 24.1 Å². The van der Waals surface area contributed by atoms with Gasteiger partial charge in [0.25, 0.3) is 0 Å². The molecule has 0 aliphatic heterocycles. The number of carbonyl (C=O) groups is 2. The minimum absolute atomic E-state index is 0.0386. The van der Waals surface area contributed by atoms with Crippen LogP contribution in [0.1, 0.15) is 50.7 Å². The zero-order chi connectivity index (χ0) is 23.6. The molecule has 2 aromatic carbocycles. The smallest absolute Gasteiger partial charge is 0.308 e. The third-order valence-corrected chi connectivity index (χ3v) is 4.85. The van der Waals surface area contributed by atoms with Crippen molar-refractivity contribution in [3.05, 3.63) is 71.8 Å². The lowest BCUT2D eigenvalue weighted by Crippen LogP contribution is -2.17. The summed E-state index contributed by atoms with van der Waals surface area (Å²) in [6, 6.07) is 19.3. The van der Waals surface area contributed by atoms with E-state index in [9.17, 15) is 9.59 Å². The molecule has 0 fully saturated rings. The molecule has 0 aromatic heterocycles. The van der Waals surface area contributed by atoms with E-state index < -0.39 is 0 Å². The Bertz CT molecular complexity index is 674. The molecule has 2 atom stereocenters. The Morgan fingerprint density at radius 3 is 1.28 bits per heavy atom. The summed E-state index contributed by atoms with van der Waals surface area (Å²) in [5.74, 6) is -0.421. The third kappa shape index (κ3) is 12.2. The number of rotatable bonds is 12. The Kier molecular flexibility index (Phi) is 14.5. The van der Waals surface area contributed by atoms with Crippen LogP contribution in [-0.2, 0) is 41.8 Å². The summed E-state index contributed by atoms with van der Waals surface area (Å²) in [4.78, 5) is 22.9.